The second-order valence-corrected chi connectivity index (χ2v) is 9.81. The van der Waals surface area contributed by atoms with Crippen LogP contribution in [-0.4, -0.2) is 67.1 Å². The summed E-state index contributed by atoms with van der Waals surface area (Å²) in [5.74, 6) is -0.473. The third-order valence-corrected chi connectivity index (χ3v) is 7.36. The van der Waals surface area contributed by atoms with Gasteiger partial charge >= 0.3 is 0 Å². The van der Waals surface area contributed by atoms with Crippen LogP contribution in [-0.2, 0) is 14.8 Å². The van der Waals surface area contributed by atoms with E-state index in [2.05, 4.69) is 10.3 Å². The summed E-state index contributed by atoms with van der Waals surface area (Å²) in [6.07, 6.45) is 9.57. The zero-order chi connectivity index (χ0) is 20.1. The molecule has 1 aromatic heterocycles. The van der Waals surface area contributed by atoms with Gasteiger partial charge in [0.15, 0.2) is 0 Å². The van der Waals surface area contributed by atoms with Crippen molar-refractivity contribution in [3.8, 4) is 0 Å². The van der Waals surface area contributed by atoms with E-state index in [0.717, 1.165) is 55.7 Å². The minimum absolute atomic E-state index is 0.00170. The van der Waals surface area contributed by atoms with Gasteiger partial charge in [-0.25, -0.2) is 8.42 Å². The first kappa shape index (κ1) is 20.9. The van der Waals surface area contributed by atoms with Crippen molar-refractivity contribution in [2.24, 2.45) is 0 Å². The Morgan fingerprint density at radius 2 is 1.79 bits per heavy atom. The number of nitrogens with one attached hydrogen (secondary N) is 2. The number of sulfonamides is 1. The van der Waals surface area contributed by atoms with Gasteiger partial charge in [0.25, 0.3) is 5.91 Å². The van der Waals surface area contributed by atoms with Crippen molar-refractivity contribution in [1.82, 2.24) is 19.5 Å². The monoisotopic (exact) mass is 410 g/mol. The van der Waals surface area contributed by atoms with E-state index in [0.29, 0.717) is 13.1 Å². The highest BCUT2D eigenvalue weighted by molar-refractivity contribution is 7.89. The molecule has 156 valence electrons. The predicted octanol–water partition coefficient (Wildman–Crippen LogP) is 1.71. The quantitative estimate of drug-likeness (QED) is 0.745. The van der Waals surface area contributed by atoms with Gasteiger partial charge in [-0.3, -0.25) is 9.59 Å². The van der Waals surface area contributed by atoms with Crippen molar-refractivity contribution >= 4 is 21.8 Å². The zero-order valence-corrected chi connectivity index (χ0v) is 17.3. The molecule has 0 bridgehead atoms. The lowest BCUT2D eigenvalue weighted by Gasteiger charge is -2.19. The van der Waals surface area contributed by atoms with Crippen LogP contribution in [0.3, 0.4) is 0 Å². The largest absolute Gasteiger partial charge is 0.356 e. The summed E-state index contributed by atoms with van der Waals surface area (Å²) in [6, 6.07) is 1.52. The Hall–Kier alpha value is -1.87. The molecule has 28 heavy (non-hydrogen) atoms. The highest BCUT2D eigenvalue weighted by atomic mass is 32.2. The molecule has 2 N–H and O–H groups in total. The first-order chi connectivity index (χ1) is 13.4. The zero-order valence-electron chi connectivity index (χ0n) is 16.4. The minimum atomic E-state index is -3.85. The van der Waals surface area contributed by atoms with E-state index in [1.165, 1.54) is 19.3 Å². The van der Waals surface area contributed by atoms with E-state index in [1.54, 1.807) is 4.90 Å². The number of aromatic nitrogens is 1. The van der Waals surface area contributed by atoms with Crippen molar-refractivity contribution in [3.63, 3.8) is 0 Å². The van der Waals surface area contributed by atoms with Gasteiger partial charge in [-0.2, -0.15) is 4.31 Å². The topological polar surface area (TPSA) is 103 Å². The molecule has 0 spiro atoms. The Morgan fingerprint density at radius 3 is 2.43 bits per heavy atom. The van der Waals surface area contributed by atoms with Crippen LogP contribution < -0.4 is 5.32 Å². The number of amides is 2. The first-order valence-electron chi connectivity index (χ1n) is 10.1. The molecule has 0 unspecified atom stereocenters. The lowest BCUT2D eigenvalue weighted by molar-refractivity contribution is -0.121. The van der Waals surface area contributed by atoms with E-state index in [1.807, 2.05) is 0 Å². The van der Waals surface area contributed by atoms with Crippen LogP contribution in [0.2, 0.25) is 0 Å². The molecule has 1 saturated carbocycles. The maximum Gasteiger partial charge on any atom is 0.270 e. The maximum absolute atomic E-state index is 12.8. The summed E-state index contributed by atoms with van der Waals surface area (Å²) < 4.78 is 26.6. The fraction of sp³-hybridized carbons (Fsp3) is 0.684. The molecule has 8 nitrogen and oxygen atoms in total. The van der Waals surface area contributed by atoms with Crippen molar-refractivity contribution in [3.05, 3.63) is 18.0 Å². The second kappa shape index (κ2) is 9.09. The highest BCUT2D eigenvalue weighted by Gasteiger charge is 2.27. The molecule has 2 aliphatic rings. The molecular weight excluding hydrogens is 380 g/mol. The summed E-state index contributed by atoms with van der Waals surface area (Å²) in [7, 11) is -2.47. The van der Waals surface area contributed by atoms with Gasteiger partial charge in [0, 0.05) is 32.4 Å². The number of carbonyl (C=O) groups is 2. The lowest BCUT2D eigenvalue weighted by atomic mass is 10.2. The molecule has 1 aliphatic carbocycles. The van der Waals surface area contributed by atoms with Crippen LogP contribution in [0.1, 0.15) is 61.9 Å². The molecule has 2 heterocycles. The van der Waals surface area contributed by atoms with Gasteiger partial charge < -0.3 is 15.2 Å². The molecule has 0 atom stereocenters. The van der Waals surface area contributed by atoms with E-state index in [9.17, 15) is 18.0 Å². The molecule has 1 aromatic rings. The molecule has 9 heteroatoms. The third kappa shape index (κ3) is 4.94. The van der Waals surface area contributed by atoms with E-state index in [4.69, 9.17) is 0 Å². The van der Waals surface area contributed by atoms with Crippen molar-refractivity contribution < 1.29 is 18.0 Å². The van der Waals surface area contributed by atoms with Crippen LogP contribution in [0, 0.1) is 0 Å². The summed E-state index contributed by atoms with van der Waals surface area (Å²) in [5, 5.41) is 2.89. The highest BCUT2D eigenvalue weighted by Crippen LogP contribution is 2.19. The van der Waals surface area contributed by atoms with E-state index < -0.39 is 10.0 Å². The number of carbonyl (C=O) groups excluding carboxylic acids is 2. The Morgan fingerprint density at radius 1 is 1.14 bits per heavy atom. The second-order valence-electron chi connectivity index (χ2n) is 7.77. The van der Waals surface area contributed by atoms with Crippen LogP contribution in [0.5, 0.6) is 0 Å². The van der Waals surface area contributed by atoms with E-state index >= 15 is 0 Å². The number of likely N-dealkylation sites (tertiary alicyclic amines) is 1. The average molecular weight is 411 g/mol. The number of aromatic amines is 1. The number of hydrogen-bond acceptors (Lipinski definition) is 4. The summed E-state index contributed by atoms with van der Waals surface area (Å²) in [6.45, 7) is 1.15. The average Bonchev–Trinajstić information content (AvgIpc) is 3.28. The molecule has 0 radical (unpaired) electrons. The Kier molecular flexibility index (Phi) is 6.77. The molecule has 3 rings (SSSR count). The number of H-pyrrole nitrogens is 1. The van der Waals surface area contributed by atoms with Gasteiger partial charge in [0.2, 0.25) is 15.9 Å². The summed E-state index contributed by atoms with van der Waals surface area (Å²) >= 11 is 0. The molecule has 0 aromatic carbocycles. The number of likely N-dealkylation sites (N-methyl/N-ethyl adjacent to an activating group) is 1. The Balaban J connectivity index is 1.63. The maximum atomic E-state index is 12.8. The predicted molar refractivity (Wildman–Crippen MR) is 105 cm³/mol. The SMILES string of the molecule is CN(CC(=O)NC1CCCC1)S(=O)(=O)c1c[nH]c(C(=O)N2CCCCCC2)c1. The van der Waals surface area contributed by atoms with E-state index in [-0.39, 0.29) is 35.0 Å². The number of rotatable bonds is 6. The third-order valence-electron chi connectivity index (χ3n) is 5.57. The molecular formula is C19H30N4O4S. The smallest absolute Gasteiger partial charge is 0.270 e. The van der Waals surface area contributed by atoms with Crippen molar-refractivity contribution in [2.45, 2.75) is 62.3 Å². The van der Waals surface area contributed by atoms with Gasteiger partial charge in [0.1, 0.15) is 10.6 Å². The fourth-order valence-corrected chi connectivity index (χ4v) is 5.02. The number of nitrogens with zero attached hydrogens (tertiary/aromatic N) is 2. The van der Waals surface area contributed by atoms with Crippen LogP contribution in [0.25, 0.3) is 0 Å². The minimum Gasteiger partial charge on any atom is -0.356 e. The fourth-order valence-electron chi connectivity index (χ4n) is 3.90. The van der Waals surface area contributed by atoms with Crippen molar-refractivity contribution in [1.29, 1.82) is 0 Å². The summed E-state index contributed by atoms with van der Waals surface area (Å²) in [4.78, 5) is 29.4. The van der Waals surface area contributed by atoms with Gasteiger partial charge in [-0.1, -0.05) is 25.7 Å². The van der Waals surface area contributed by atoms with Crippen LogP contribution in [0.4, 0.5) is 0 Å². The summed E-state index contributed by atoms with van der Waals surface area (Å²) in [5.41, 5.74) is 0.268. The lowest BCUT2D eigenvalue weighted by Crippen LogP contribution is -2.41. The molecule has 1 saturated heterocycles. The number of hydrogen-bond donors (Lipinski definition) is 2. The van der Waals surface area contributed by atoms with Crippen LogP contribution >= 0.6 is 0 Å². The molecule has 2 fully saturated rings. The Bertz CT molecular complexity index is 791. The van der Waals surface area contributed by atoms with Crippen LogP contribution in [0.15, 0.2) is 17.2 Å². The Labute approximate surface area is 166 Å². The molecule has 1 aliphatic heterocycles. The molecule has 2 amide bonds. The normalized spacial score (nSPS) is 19.0. The van der Waals surface area contributed by atoms with Crippen molar-refractivity contribution in [2.75, 3.05) is 26.7 Å². The first-order valence-corrected chi connectivity index (χ1v) is 11.6. The van der Waals surface area contributed by atoms with Gasteiger partial charge in [-0.05, 0) is 31.7 Å². The standard InChI is InChI=1S/C19H30N4O4S/c1-22(14-18(24)21-15-8-4-5-9-15)28(26,27)16-12-17(20-13-16)19(25)23-10-6-2-3-7-11-23/h12-13,15,20H,2-11,14H2,1H3,(H,21,24). The van der Waals surface area contributed by atoms with Gasteiger partial charge in [0.05, 0.1) is 6.54 Å². The van der Waals surface area contributed by atoms with Gasteiger partial charge in [-0.15, -0.1) is 0 Å².